The fourth-order valence-electron chi connectivity index (χ4n) is 6.91. The summed E-state index contributed by atoms with van der Waals surface area (Å²) in [5.74, 6) is 1.63. The lowest BCUT2D eigenvalue weighted by atomic mass is 9.89. The van der Waals surface area contributed by atoms with Gasteiger partial charge in [-0.3, -0.25) is 9.58 Å². The van der Waals surface area contributed by atoms with E-state index in [4.69, 9.17) is 24.0 Å². The van der Waals surface area contributed by atoms with E-state index in [9.17, 15) is 5.26 Å². The largest absolute Gasteiger partial charge is 0.487 e. The first-order valence-electron chi connectivity index (χ1n) is 17.5. The molecule has 1 N–H and O–H groups in total. The van der Waals surface area contributed by atoms with E-state index in [0.29, 0.717) is 48.9 Å². The van der Waals surface area contributed by atoms with Crippen LogP contribution in [0.25, 0.3) is 11.1 Å². The number of aromatic nitrogens is 7. The molecule has 4 aromatic rings. The van der Waals surface area contributed by atoms with Crippen molar-refractivity contribution in [1.29, 1.82) is 5.26 Å². The third-order valence-corrected chi connectivity index (χ3v) is 9.23. The van der Waals surface area contributed by atoms with Crippen molar-refractivity contribution in [3.05, 3.63) is 55.0 Å². The summed E-state index contributed by atoms with van der Waals surface area (Å²) in [5, 5.41) is 22.1. The highest BCUT2D eigenvalue weighted by molar-refractivity contribution is 5.67. The summed E-state index contributed by atoms with van der Waals surface area (Å²) in [6.07, 6.45) is 13.3. The van der Waals surface area contributed by atoms with Gasteiger partial charge in [0.2, 0.25) is 5.95 Å². The van der Waals surface area contributed by atoms with E-state index in [-0.39, 0.29) is 30.3 Å². The molecule has 0 radical (unpaired) electrons. The molecule has 50 heavy (non-hydrogen) atoms. The van der Waals surface area contributed by atoms with Gasteiger partial charge in [0.05, 0.1) is 49.8 Å². The maximum Gasteiger partial charge on any atom is 0.256 e. The van der Waals surface area contributed by atoms with Crippen LogP contribution in [0.15, 0.2) is 49.4 Å². The van der Waals surface area contributed by atoms with E-state index in [0.717, 1.165) is 55.6 Å². The summed E-state index contributed by atoms with van der Waals surface area (Å²) in [7, 11) is 1.70. The monoisotopic (exact) mass is 684 g/mol. The number of hydrogen-bond donors (Lipinski definition) is 1. The van der Waals surface area contributed by atoms with Gasteiger partial charge in [-0.1, -0.05) is 13.0 Å². The van der Waals surface area contributed by atoms with Crippen LogP contribution < -0.4 is 14.8 Å². The quantitative estimate of drug-likeness (QED) is 0.184. The second kappa shape index (κ2) is 16.4. The van der Waals surface area contributed by atoms with E-state index in [1.165, 1.54) is 6.33 Å². The zero-order valence-corrected chi connectivity index (χ0v) is 29.6. The lowest BCUT2D eigenvalue weighted by Gasteiger charge is -2.42. The van der Waals surface area contributed by atoms with Gasteiger partial charge in [-0.05, 0) is 64.2 Å². The zero-order valence-electron chi connectivity index (χ0n) is 29.6. The van der Waals surface area contributed by atoms with Crippen molar-refractivity contribution >= 4 is 11.6 Å². The molecule has 1 saturated carbocycles. The molecule has 2 aliphatic rings. The van der Waals surface area contributed by atoms with Crippen molar-refractivity contribution in [3.63, 3.8) is 0 Å². The van der Waals surface area contributed by atoms with Gasteiger partial charge in [0.1, 0.15) is 36.3 Å². The molecule has 0 spiro atoms. The van der Waals surface area contributed by atoms with Gasteiger partial charge < -0.3 is 24.3 Å². The number of methoxy groups -OCH3 is 1. The molecule has 1 saturated heterocycles. The molecule has 0 amide bonds. The molecule has 3 aromatic heterocycles. The predicted octanol–water partition coefficient (Wildman–Crippen LogP) is 5.27. The van der Waals surface area contributed by atoms with Gasteiger partial charge >= 0.3 is 0 Å². The topological polar surface area (TPSA) is 150 Å². The Morgan fingerprint density at radius 3 is 2.44 bits per heavy atom. The fraction of sp³-hybridized carbons (Fsp3) is 0.556. The van der Waals surface area contributed by atoms with Gasteiger partial charge in [0.15, 0.2) is 0 Å². The molecule has 1 aliphatic carbocycles. The van der Waals surface area contributed by atoms with Gasteiger partial charge in [0.25, 0.3) is 5.88 Å². The van der Waals surface area contributed by atoms with Crippen LogP contribution in [-0.4, -0.2) is 97.2 Å². The predicted molar refractivity (Wildman–Crippen MR) is 187 cm³/mol. The molecule has 0 unspecified atom stereocenters. The lowest BCUT2D eigenvalue weighted by Crippen LogP contribution is -2.51. The minimum atomic E-state index is -0.232. The summed E-state index contributed by atoms with van der Waals surface area (Å²) in [6, 6.07) is 8.53. The Morgan fingerprint density at radius 2 is 1.76 bits per heavy atom. The van der Waals surface area contributed by atoms with Crippen LogP contribution >= 0.6 is 0 Å². The second-order valence-corrected chi connectivity index (χ2v) is 13.7. The highest BCUT2D eigenvalue weighted by Gasteiger charge is 2.32. The normalized spacial score (nSPS) is 22.4. The van der Waals surface area contributed by atoms with E-state index >= 15 is 0 Å². The minimum Gasteiger partial charge on any atom is -0.487 e. The summed E-state index contributed by atoms with van der Waals surface area (Å²) >= 11 is 0. The smallest absolute Gasteiger partial charge is 0.256 e. The van der Waals surface area contributed by atoms with Crippen LogP contribution in [0.3, 0.4) is 0 Å². The van der Waals surface area contributed by atoms with E-state index in [1.807, 2.05) is 25.3 Å². The molecule has 1 aromatic carbocycles. The summed E-state index contributed by atoms with van der Waals surface area (Å²) < 4.78 is 27.4. The van der Waals surface area contributed by atoms with Crippen LogP contribution in [0.2, 0.25) is 0 Å². The van der Waals surface area contributed by atoms with Crippen molar-refractivity contribution in [3.8, 4) is 28.8 Å². The maximum atomic E-state index is 9.69. The first kappa shape index (κ1) is 35.3. The molecule has 4 atom stereocenters. The number of ether oxygens (including phenoxy) is 4. The number of nitrogens with zero attached hydrogens (tertiary/aromatic N) is 9. The fourth-order valence-corrected chi connectivity index (χ4v) is 6.91. The van der Waals surface area contributed by atoms with Crippen LogP contribution in [0.4, 0.5) is 11.6 Å². The number of rotatable bonds is 14. The summed E-state index contributed by atoms with van der Waals surface area (Å²) in [4.78, 5) is 15.8. The maximum absolute atomic E-state index is 9.69. The highest BCUT2D eigenvalue weighted by Crippen LogP contribution is 2.36. The SMILES string of the molecule is COC[C@H](C)COc1nn([C@H]2CC[C@H](N3C[C@@H](C)O[C@@H](C)C3)CC2)cc1Nc1ncc(-c2ccc(C#N)c(O[C@@H](C)Cn3cncn3)c2)cn1. The molecule has 14 nitrogen and oxygen atoms in total. The highest BCUT2D eigenvalue weighted by atomic mass is 16.5. The van der Waals surface area contributed by atoms with Gasteiger partial charge in [-0.2, -0.15) is 10.4 Å². The zero-order chi connectivity index (χ0) is 35.0. The molecule has 14 heteroatoms. The van der Waals surface area contributed by atoms with Gasteiger partial charge in [-0.25, -0.2) is 19.6 Å². The number of morpholine rings is 1. The summed E-state index contributed by atoms with van der Waals surface area (Å²) in [5.41, 5.74) is 2.78. The van der Waals surface area contributed by atoms with Gasteiger partial charge in [-0.15, -0.1) is 5.10 Å². The molecule has 0 bridgehead atoms. The molecule has 6 rings (SSSR count). The Morgan fingerprint density at radius 1 is 1.02 bits per heavy atom. The molecular formula is C36H48N10O4. The van der Waals surface area contributed by atoms with E-state index < -0.39 is 0 Å². The van der Waals surface area contributed by atoms with E-state index in [1.54, 1.807) is 36.6 Å². The Balaban J connectivity index is 1.14. The molecule has 4 heterocycles. The van der Waals surface area contributed by atoms with Gasteiger partial charge in [0, 0.05) is 50.1 Å². The average Bonchev–Trinajstić information content (AvgIpc) is 3.77. The molecule has 2 fully saturated rings. The van der Waals surface area contributed by atoms with Crippen LogP contribution in [-0.2, 0) is 16.0 Å². The lowest BCUT2D eigenvalue weighted by molar-refractivity contribution is -0.0852. The Hall–Kier alpha value is -4.58. The number of anilines is 2. The Labute approximate surface area is 293 Å². The third-order valence-electron chi connectivity index (χ3n) is 9.23. The second-order valence-electron chi connectivity index (χ2n) is 13.7. The van der Waals surface area contributed by atoms with Crippen molar-refractivity contribution in [2.24, 2.45) is 5.92 Å². The van der Waals surface area contributed by atoms with Crippen molar-refractivity contribution in [1.82, 2.24) is 39.4 Å². The number of hydrogen-bond acceptors (Lipinski definition) is 12. The van der Waals surface area contributed by atoms with Crippen molar-refractivity contribution in [2.75, 3.05) is 38.7 Å². The first-order valence-corrected chi connectivity index (χ1v) is 17.5. The van der Waals surface area contributed by atoms with Crippen molar-refractivity contribution in [2.45, 2.75) is 90.3 Å². The molecule has 1 aliphatic heterocycles. The van der Waals surface area contributed by atoms with Crippen molar-refractivity contribution < 1.29 is 18.9 Å². The standard InChI is InChI=1S/C36H48N10O4/c1-24(20-47-5)21-48-35-33(19-46(43-35)32-10-8-31(9-11-32)44-16-25(2)49-26(3)17-44)42-36-39-14-30(15-40-36)28-6-7-29(13-37)34(12-28)50-27(4)18-45-23-38-22-41-45/h6-7,12,14-15,19,22-27,31-32H,8-11,16-18,20-21H2,1-5H3,(H,39,40,42)/t24-,25-,26+,27-,31-,32-/m0/s1. The number of benzene rings is 1. The minimum absolute atomic E-state index is 0.203. The molecule has 266 valence electrons. The third kappa shape index (κ3) is 8.95. The van der Waals surface area contributed by atoms with E-state index in [2.05, 4.69) is 61.8 Å². The Bertz CT molecular complexity index is 1690. The average molecular weight is 685 g/mol. The van der Waals surface area contributed by atoms with Crippen LogP contribution in [0.1, 0.15) is 65.0 Å². The summed E-state index contributed by atoms with van der Waals surface area (Å²) in [6.45, 7) is 11.9. The van der Waals surface area contributed by atoms with Crippen LogP contribution in [0.5, 0.6) is 11.6 Å². The first-order chi connectivity index (χ1) is 24.3. The van der Waals surface area contributed by atoms with Crippen LogP contribution in [0, 0.1) is 17.2 Å². The Kier molecular flexibility index (Phi) is 11.6. The molecular weight excluding hydrogens is 636 g/mol. The number of nitrogens with one attached hydrogen (secondary N) is 1. The number of nitriles is 1.